The molecule has 0 aliphatic heterocycles. The summed E-state index contributed by atoms with van der Waals surface area (Å²) in [5, 5.41) is 3.20. The Morgan fingerprint density at radius 2 is 2.10 bits per heavy atom. The molecule has 0 bridgehead atoms. The Kier molecular flexibility index (Phi) is 6.82. The molecule has 20 heavy (non-hydrogen) atoms. The molecule has 0 spiro atoms. The van der Waals surface area contributed by atoms with Crippen LogP contribution in [0, 0.1) is 0 Å². The van der Waals surface area contributed by atoms with Crippen LogP contribution in [0.5, 0.6) is 0 Å². The van der Waals surface area contributed by atoms with Gasteiger partial charge >= 0.3 is 0 Å². The number of halogens is 1. The van der Waals surface area contributed by atoms with Gasteiger partial charge in [-0.2, -0.15) is 0 Å². The lowest BCUT2D eigenvalue weighted by molar-refractivity contribution is 0.0952. The first-order valence-electron chi connectivity index (χ1n) is 6.96. The minimum absolute atomic E-state index is 0.167. The topological polar surface area (TPSA) is 58.4 Å². The van der Waals surface area contributed by atoms with Crippen molar-refractivity contribution in [2.45, 2.75) is 32.7 Å². The van der Waals surface area contributed by atoms with Gasteiger partial charge in [0.25, 0.3) is 5.91 Å². The van der Waals surface area contributed by atoms with Gasteiger partial charge in [0, 0.05) is 12.6 Å². The first-order valence-corrected chi connectivity index (χ1v) is 7.33. The van der Waals surface area contributed by atoms with Crippen LogP contribution in [-0.4, -0.2) is 37.0 Å². The molecular formula is C15H24ClN3O. The SMILES string of the molecule is CC(C)N(C)CCCCNC(=O)c1cccc(N)c1Cl. The van der Waals surface area contributed by atoms with E-state index in [1.165, 1.54) is 0 Å². The Morgan fingerprint density at radius 3 is 2.75 bits per heavy atom. The summed E-state index contributed by atoms with van der Waals surface area (Å²) < 4.78 is 0. The number of carbonyl (C=O) groups is 1. The van der Waals surface area contributed by atoms with Crippen molar-refractivity contribution in [1.29, 1.82) is 0 Å². The van der Waals surface area contributed by atoms with Crippen LogP contribution in [0.2, 0.25) is 5.02 Å². The monoisotopic (exact) mass is 297 g/mol. The number of hydrogen-bond acceptors (Lipinski definition) is 3. The summed E-state index contributed by atoms with van der Waals surface area (Å²) in [5.41, 5.74) is 6.54. The van der Waals surface area contributed by atoms with E-state index in [1.54, 1.807) is 18.2 Å². The molecule has 0 unspecified atom stereocenters. The highest BCUT2D eigenvalue weighted by Gasteiger charge is 2.11. The van der Waals surface area contributed by atoms with E-state index < -0.39 is 0 Å². The summed E-state index contributed by atoms with van der Waals surface area (Å²) in [6, 6.07) is 5.64. The summed E-state index contributed by atoms with van der Waals surface area (Å²) in [6.45, 7) is 6.02. The number of carbonyl (C=O) groups excluding carboxylic acids is 1. The fourth-order valence-corrected chi connectivity index (χ4v) is 1.98. The normalized spacial score (nSPS) is 11.1. The van der Waals surface area contributed by atoms with Crippen molar-refractivity contribution >= 4 is 23.2 Å². The number of nitrogens with one attached hydrogen (secondary N) is 1. The second kappa shape index (κ2) is 8.12. The standard InChI is InChI=1S/C15H24ClN3O/c1-11(2)19(3)10-5-4-9-18-15(20)12-7-6-8-13(17)14(12)16/h6-8,11H,4-5,9-10,17H2,1-3H3,(H,18,20). The Balaban J connectivity index is 2.32. The number of benzene rings is 1. The third kappa shape index (κ3) is 5.02. The van der Waals surface area contributed by atoms with Gasteiger partial charge in [0.1, 0.15) is 0 Å². The van der Waals surface area contributed by atoms with Gasteiger partial charge in [0.05, 0.1) is 16.3 Å². The average molecular weight is 298 g/mol. The highest BCUT2D eigenvalue weighted by atomic mass is 35.5. The van der Waals surface area contributed by atoms with Gasteiger partial charge in [-0.1, -0.05) is 17.7 Å². The lowest BCUT2D eigenvalue weighted by Gasteiger charge is -2.20. The largest absolute Gasteiger partial charge is 0.398 e. The number of unbranched alkanes of at least 4 members (excludes halogenated alkanes) is 1. The van der Waals surface area contributed by atoms with Crippen LogP contribution in [0.4, 0.5) is 5.69 Å². The second-order valence-corrected chi connectivity index (χ2v) is 5.62. The molecule has 3 N–H and O–H groups in total. The number of nitrogen functional groups attached to an aromatic ring is 1. The van der Waals surface area contributed by atoms with Crippen molar-refractivity contribution in [2.24, 2.45) is 0 Å². The molecule has 1 aromatic rings. The van der Waals surface area contributed by atoms with Crippen LogP contribution in [-0.2, 0) is 0 Å². The number of nitrogens with zero attached hydrogens (tertiary/aromatic N) is 1. The third-order valence-corrected chi connectivity index (χ3v) is 3.80. The molecule has 5 heteroatoms. The molecule has 0 fully saturated rings. The predicted octanol–water partition coefficient (Wildman–Crippen LogP) is 2.77. The van der Waals surface area contributed by atoms with Crippen molar-refractivity contribution in [1.82, 2.24) is 10.2 Å². The first-order chi connectivity index (χ1) is 9.43. The van der Waals surface area contributed by atoms with E-state index in [0.717, 1.165) is 19.4 Å². The Labute approximate surface area is 126 Å². The first kappa shape index (κ1) is 16.8. The van der Waals surface area contributed by atoms with E-state index in [2.05, 4.69) is 31.1 Å². The summed E-state index contributed by atoms with van der Waals surface area (Å²) in [5.74, 6) is -0.167. The molecule has 0 radical (unpaired) electrons. The molecule has 0 aromatic heterocycles. The number of rotatable bonds is 7. The minimum Gasteiger partial charge on any atom is -0.398 e. The van der Waals surface area contributed by atoms with Gasteiger partial charge in [-0.3, -0.25) is 4.79 Å². The molecule has 0 heterocycles. The Hall–Kier alpha value is -1.26. The molecule has 0 saturated heterocycles. The van der Waals surface area contributed by atoms with E-state index in [4.69, 9.17) is 17.3 Å². The zero-order chi connectivity index (χ0) is 15.1. The van der Waals surface area contributed by atoms with Crippen LogP contribution >= 0.6 is 11.6 Å². The van der Waals surface area contributed by atoms with Gasteiger partial charge in [0.2, 0.25) is 0 Å². The van der Waals surface area contributed by atoms with Crippen molar-refractivity contribution in [3.8, 4) is 0 Å². The number of anilines is 1. The van der Waals surface area contributed by atoms with E-state index in [-0.39, 0.29) is 5.91 Å². The summed E-state index contributed by atoms with van der Waals surface area (Å²) in [7, 11) is 2.11. The molecule has 112 valence electrons. The van der Waals surface area contributed by atoms with E-state index in [0.29, 0.717) is 28.9 Å². The van der Waals surface area contributed by atoms with Crippen molar-refractivity contribution in [3.05, 3.63) is 28.8 Å². The zero-order valence-corrected chi connectivity index (χ0v) is 13.2. The summed E-state index contributed by atoms with van der Waals surface area (Å²) in [4.78, 5) is 14.2. The van der Waals surface area contributed by atoms with Gasteiger partial charge in [0.15, 0.2) is 0 Å². The molecule has 4 nitrogen and oxygen atoms in total. The maximum atomic E-state index is 12.0. The third-order valence-electron chi connectivity index (χ3n) is 3.38. The van der Waals surface area contributed by atoms with E-state index >= 15 is 0 Å². The van der Waals surface area contributed by atoms with Crippen molar-refractivity contribution in [3.63, 3.8) is 0 Å². The zero-order valence-electron chi connectivity index (χ0n) is 12.4. The smallest absolute Gasteiger partial charge is 0.252 e. The quantitative estimate of drug-likeness (QED) is 0.601. The Morgan fingerprint density at radius 1 is 1.40 bits per heavy atom. The highest BCUT2D eigenvalue weighted by molar-refractivity contribution is 6.36. The van der Waals surface area contributed by atoms with Crippen molar-refractivity contribution < 1.29 is 4.79 Å². The summed E-state index contributed by atoms with van der Waals surface area (Å²) in [6.07, 6.45) is 2.00. The molecule has 0 aliphatic carbocycles. The van der Waals surface area contributed by atoms with Crippen LogP contribution in [0.1, 0.15) is 37.0 Å². The summed E-state index contributed by atoms with van der Waals surface area (Å²) >= 11 is 6.01. The van der Waals surface area contributed by atoms with Crippen LogP contribution in [0.25, 0.3) is 0 Å². The van der Waals surface area contributed by atoms with Gasteiger partial charge in [-0.25, -0.2) is 0 Å². The predicted molar refractivity (Wildman–Crippen MR) is 85.2 cm³/mol. The molecule has 1 aromatic carbocycles. The molecule has 0 aliphatic rings. The molecule has 1 rings (SSSR count). The average Bonchev–Trinajstić information content (AvgIpc) is 2.40. The molecule has 0 saturated carbocycles. The molecule has 1 amide bonds. The minimum atomic E-state index is -0.167. The molecular weight excluding hydrogens is 274 g/mol. The fourth-order valence-electron chi connectivity index (χ4n) is 1.77. The lowest BCUT2D eigenvalue weighted by Crippen LogP contribution is -2.29. The molecule has 0 atom stereocenters. The van der Waals surface area contributed by atoms with Crippen LogP contribution in [0.15, 0.2) is 18.2 Å². The van der Waals surface area contributed by atoms with E-state index in [9.17, 15) is 4.79 Å². The van der Waals surface area contributed by atoms with Crippen molar-refractivity contribution in [2.75, 3.05) is 25.9 Å². The van der Waals surface area contributed by atoms with Gasteiger partial charge in [-0.05, 0) is 52.4 Å². The van der Waals surface area contributed by atoms with Gasteiger partial charge in [-0.15, -0.1) is 0 Å². The second-order valence-electron chi connectivity index (χ2n) is 5.25. The number of amides is 1. The number of nitrogens with two attached hydrogens (primary N) is 1. The fraction of sp³-hybridized carbons (Fsp3) is 0.533. The lowest BCUT2D eigenvalue weighted by atomic mass is 10.2. The van der Waals surface area contributed by atoms with Gasteiger partial charge < -0.3 is 16.0 Å². The highest BCUT2D eigenvalue weighted by Crippen LogP contribution is 2.22. The number of hydrogen-bond donors (Lipinski definition) is 2. The maximum absolute atomic E-state index is 12.0. The van der Waals surface area contributed by atoms with Crippen LogP contribution in [0.3, 0.4) is 0 Å². The maximum Gasteiger partial charge on any atom is 0.252 e. The van der Waals surface area contributed by atoms with Crippen LogP contribution < -0.4 is 11.1 Å². The Bertz CT molecular complexity index is 449. The van der Waals surface area contributed by atoms with E-state index in [1.807, 2.05) is 0 Å².